The van der Waals surface area contributed by atoms with Gasteiger partial charge in [-0.1, -0.05) is 12.1 Å². The molecule has 1 fully saturated rings. The summed E-state index contributed by atoms with van der Waals surface area (Å²) in [5, 5.41) is 11.6. The lowest BCUT2D eigenvalue weighted by Gasteiger charge is -2.33. The molecule has 0 amide bonds. The number of piperidine rings is 1. The van der Waals surface area contributed by atoms with Crippen molar-refractivity contribution in [2.75, 3.05) is 32.1 Å². The van der Waals surface area contributed by atoms with Gasteiger partial charge in [0.05, 0.1) is 19.4 Å². The number of alkyl halides is 3. The molecule has 0 aliphatic carbocycles. The van der Waals surface area contributed by atoms with Crippen molar-refractivity contribution in [2.45, 2.75) is 38.5 Å². The Morgan fingerprint density at radius 3 is 2.46 bits per heavy atom. The van der Waals surface area contributed by atoms with E-state index in [2.05, 4.69) is 28.4 Å². The maximum absolute atomic E-state index is 12.0. The van der Waals surface area contributed by atoms with Crippen LogP contribution in [0.2, 0.25) is 0 Å². The summed E-state index contributed by atoms with van der Waals surface area (Å²) in [6.07, 6.45) is -3.06. The molecule has 4 rings (SSSR count). The lowest BCUT2D eigenvalue weighted by molar-refractivity contribution is -0.192. The molecule has 3 aromatic rings. The van der Waals surface area contributed by atoms with E-state index in [0.29, 0.717) is 18.2 Å². The minimum absolute atomic E-state index is 0.312. The van der Waals surface area contributed by atoms with Crippen molar-refractivity contribution in [3.63, 3.8) is 0 Å². The van der Waals surface area contributed by atoms with Crippen LogP contribution in [0.4, 0.5) is 18.9 Å². The summed E-state index contributed by atoms with van der Waals surface area (Å²) >= 11 is 0. The number of anilines is 1. The highest BCUT2D eigenvalue weighted by Gasteiger charge is 2.38. The van der Waals surface area contributed by atoms with Gasteiger partial charge in [-0.3, -0.25) is 4.90 Å². The van der Waals surface area contributed by atoms with Crippen molar-refractivity contribution in [1.29, 1.82) is 0 Å². The van der Waals surface area contributed by atoms with Crippen LogP contribution in [0.1, 0.15) is 25.3 Å². The lowest BCUT2D eigenvalue weighted by Crippen LogP contribution is -2.38. The van der Waals surface area contributed by atoms with Crippen LogP contribution >= 0.6 is 0 Å². The van der Waals surface area contributed by atoms with Gasteiger partial charge in [0.25, 0.3) is 0 Å². The number of aliphatic carboxylic acids is 1. The molecule has 200 valence electrons. The van der Waals surface area contributed by atoms with Crippen LogP contribution in [0.5, 0.6) is 11.5 Å². The normalized spacial score (nSPS) is 14.5. The highest BCUT2D eigenvalue weighted by atomic mass is 19.4. The number of carbonyl (C=O) groups is 1. The molecule has 1 aliphatic heterocycles. The molecule has 0 bridgehead atoms. The highest BCUT2D eigenvalue weighted by molar-refractivity contribution is 5.90. The summed E-state index contributed by atoms with van der Waals surface area (Å²) in [6.45, 7) is 5.60. The Kier molecular flexibility index (Phi) is 9.40. The van der Waals surface area contributed by atoms with E-state index >= 15 is 0 Å². The van der Waals surface area contributed by atoms with Crippen LogP contribution in [0.15, 0.2) is 57.7 Å². The number of carboxylic acid groups (broad SMARTS) is 1. The molecule has 2 N–H and O–H groups in total. The third kappa shape index (κ3) is 8.14. The SMILES string of the molecule is CCOc1cccc(CN2CCC(Nc3cc(=O)oc4ccc(OC)cc34)CC2)c1.O=C(O)C(F)(F)F. The van der Waals surface area contributed by atoms with Crippen LogP contribution in [-0.4, -0.2) is 55.0 Å². The summed E-state index contributed by atoms with van der Waals surface area (Å²) in [5.41, 5.74) is 2.30. The first kappa shape index (κ1) is 27.9. The van der Waals surface area contributed by atoms with E-state index in [1.165, 1.54) is 11.6 Å². The third-order valence-electron chi connectivity index (χ3n) is 5.75. The van der Waals surface area contributed by atoms with Crippen molar-refractivity contribution in [1.82, 2.24) is 4.90 Å². The monoisotopic (exact) mass is 522 g/mol. The second-order valence-electron chi connectivity index (χ2n) is 8.42. The minimum Gasteiger partial charge on any atom is -0.497 e. The average Bonchev–Trinajstić information content (AvgIpc) is 2.85. The molecule has 2 aromatic carbocycles. The number of likely N-dealkylation sites (tertiary alicyclic amines) is 1. The fourth-order valence-corrected chi connectivity index (χ4v) is 4.00. The van der Waals surface area contributed by atoms with Crippen molar-refractivity contribution >= 4 is 22.6 Å². The number of fused-ring (bicyclic) bond motifs is 1. The van der Waals surface area contributed by atoms with Crippen LogP contribution in [-0.2, 0) is 11.3 Å². The first-order valence-corrected chi connectivity index (χ1v) is 11.7. The summed E-state index contributed by atoms with van der Waals surface area (Å²) in [5.74, 6) is -1.09. The zero-order chi connectivity index (χ0) is 27.0. The Morgan fingerprint density at radius 1 is 1.14 bits per heavy atom. The van der Waals surface area contributed by atoms with Gasteiger partial charge in [0.15, 0.2) is 0 Å². The van der Waals surface area contributed by atoms with Gasteiger partial charge in [-0.15, -0.1) is 0 Å². The van der Waals surface area contributed by atoms with E-state index in [-0.39, 0.29) is 5.63 Å². The Labute approximate surface area is 211 Å². The molecule has 0 saturated carbocycles. The van der Waals surface area contributed by atoms with Gasteiger partial charge in [-0.25, -0.2) is 9.59 Å². The average molecular weight is 523 g/mol. The van der Waals surface area contributed by atoms with Crippen molar-refractivity contribution in [3.05, 3.63) is 64.5 Å². The van der Waals surface area contributed by atoms with Gasteiger partial charge < -0.3 is 24.3 Å². The Balaban J connectivity index is 0.000000479. The number of nitrogens with zero attached hydrogens (tertiary/aromatic N) is 1. The maximum atomic E-state index is 12.0. The minimum atomic E-state index is -5.08. The lowest BCUT2D eigenvalue weighted by atomic mass is 10.0. The fraction of sp³-hybridized carbons (Fsp3) is 0.385. The topological polar surface area (TPSA) is 101 Å². The molecule has 0 radical (unpaired) electrons. The predicted octanol–water partition coefficient (Wildman–Crippen LogP) is 4.91. The number of carboxylic acids is 1. The van der Waals surface area contributed by atoms with Crippen molar-refractivity contribution < 1.29 is 37.0 Å². The number of hydrogen-bond donors (Lipinski definition) is 2. The van der Waals surface area contributed by atoms with Gasteiger partial charge in [0.1, 0.15) is 17.1 Å². The Morgan fingerprint density at radius 2 is 1.84 bits per heavy atom. The number of methoxy groups -OCH3 is 1. The standard InChI is InChI=1S/C24H28N2O4.C2HF3O2/c1-3-29-20-6-4-5-17(13-20)16-26-11-9-18(10-12-26)25-22-15-24(27)30-23-8-7-19(28-2)14-21(22)23;3-2(4,5)1(6)7/h4-8,13-15,18,25H,3,9-12,16H2,1-2H3;(H,6,7). The molecule has 37 heavy (non-hydrogen) atoms. The Hall–Kier alpha value is -3.73. The molecule has 11 heteroatoms. The van der Waals surface area contributed by atoms with E-state index in [1.54, 1.807) is 19.2 Å². The molecular formula is C26H29F3N2O6. The Bertz CT molecular complexity index is 1250. The van der Waals surface area contributed by atoms with Crippen molar-refractivity contribution in [3.8, 4) is 11.5 Å². The smallest absolute Gasteiger partial charge is 0.490 e. The van der Waals surface area contributed by atoms with Gasteiger partial charge in [-0.2, -0.15) is 13.2 Å². The van der Waals surface area contributed by atoms with Gasteiger partial charge in [0.2, 0.25) is 0 Å². The zero-order valence-electron chi connectivity index (χ0n) is 20.5. The third-order valence-corrected chi connectivity index (χ3v) is 5.75. The molecule has 0 unspecified atom stereocenters. The number of halogens is 3. The summed E-state index contributed by atoms with van der Waals surface area (Å²) in [4.78, 5) is 23.3. The van der Waals surface area contributed by atoms with E-state index in [9.17, 15) is 18.0 Å². The molecule has 1 aliphatic rings. The summed E-state index contributed by atoms with van der Waals surface area (Å²) < 4.78 is 48.0. The molecule has 2 heterocycles. The first-order valence-electron chi connectivity index (χ1n) is 11.7. The van der Waals surface area contributed by atoms with E-state index < -0.39 is 12.1 Å². The van der Waals surface area contributed by atoms with Gasteiger partial charge >= 0.3 is 17.8 Å². The maximum Gasteiger partial charge on any atom is 0.490 e. The number of hydrogen-bond acceptors (Lipinski definition) is 7. The summed E-state index contributed by atoms with van der Waals surface area (Å²) in [7, 11) is 1.63. The molecular weight excluding hydrogens is 493 g/mol. The molecule has 0 spiro atoms. The second kappa shape index (κ2) is 12.5. The van der Waals surface area contributed by atoms with Crippen LogP contribution in [0.25, 0.3) is 11.0 Å². The largest absolute Gasteiger partial charge is 0.497 e. The number of nitrogens with one attached hydrogen (secondary N) is 1. The molecule has 1 saturated heterocycles. The van der Waals surface area contributed by atoms with Crippen LogP contribution in [0.3, 0.4) is 0 Å². The van der Waals surface area contributed by atoms with Gasteiger partial charge in [0, 0.05) is 37.1 Å². The quantitative estimate of drug-likeness (QED) is 0.422. The predicted molar refractivity (Wildman–Crippen MR) is 132 cm³/mol. The number of rotatable bonds is 7. The number of ether oxygens (including phenoxy) is 2. The molecule has 0 atom stereocenters. The fourth-order valence-electron chi connectivity index (χ4n) is 4.00. The van der Waals surface area contributed by atoms with Crippen LogP contribution in [0, 0.1) is 0 Å². The molecule has 8 nitrogen and oxygen atoms in total. The van der Waals surface area contributed by atoms with Crippen molar-refractivity contribution in [2.24, 2.45) is 0 Å². The first-order chi connectivity index (χ1) is 17.6. The summed E-state index contributed by atoms with van der Waals surface area (Å²) in [6, 6.07) is 15.6. The van der Waals surface area contributed by atoms with E-state index in [0.717, 1.165) is 55.0 Å². The highest BCUT2D eigenvalue weighted by Crippen LogP contribution is 2.28. The van der Waals surface area contributed by atoms with E-state index in [4.69, 9.17) is 23.8 Å². The van der Waals surface area contributed by atoms with Gasteiger partial charge in [-0.05, 0) is 55.7 Å². The molecule has 1 aromatic heterocycles. The van der Waals surface area contributed by atoms with Crippen LogP contribution < -0.4 is 20.4 Å². The number of benzene rings is 2. The van der Waals surface area contributed by atoms with E-state index in [1.807, 2.05) is 19.1 Å². The zero-order valence-corrected chi connectivity index (χ0v) is 20.5. The second-order valence-corrected chi connectivity index (χ2v) is 8.42.